The van der Waals surface area contributed by atoms with Crippen molar-refractivity contribution >= 4 is 46.3 Å². The average Bonchev–Trinajstić information content (AvgIpc) is 3.19. The van der Waals surface area contributed by atoms with Crippen molar-refractivity contribution in [1.82, 2.24) is 14.8 Å². The summed E-state index contributed by atoms with van der Waals surface area (Å²) in [5.74, 6) is 0.900. The highest BCUT2D eigenvalue weighted by Gasteiger charge is 2.31. The summed E-state index contributed by atoms with van der Waals surface area (Å²) in [6.07, 6.45) is 3.07. The minimum absolute atomic E-state index is 0.0765. The minimum Gasteiger partial charge on any atom is -0.325 e. The molecule has 5 nitrogen and oxygen atoms in total. The summed E-state index contributed by atoms with van der Waals surface area (Å²) in [5.41, 5.74) is 0.696. The van der Waals surface area contributed by atoms with E-state index < -0.39 is 0 Å². The Morgan fingerprint density at radius 1 is 1.37 bits per heavy atom. The summed E-state index contributed by atoms with van der Waals surface area (Å²) >= 11 is 9.16. The number of anilines is 1. The maximum Gasteiger partial charge on any atom is 0.237 e. The zero-order valence-electron chi connectivity index (χ0n) is 14.8. The molecular weight excluding hydrogens is 400 g/mol. The molecule has 0 spiro atoms. The van der Waals surface area contributed by atoms with Gasteiger partial charge >= 0.3 is 0 Å². The van der Waals surface area contributed by atoms with E-state index in [4.69, 9.17) is 11.6 Å². The lowest BCUT2D eigenvalue weighted by Gasteiger charge is -2.13. The van der Waals surface area contributed by atoms with Gasteiger partial charge in [0.2, 0.25) is 5.91 Å². The number of nitrogens with zero attached hydrogens (tertiary/aromatic N) is 3. The van der Waals surface area contributed by atoms with E-state index in [2.05, 4.69) is 37.6 Å². The molecule has 0 radical (unpaired) electrons. The van der Waals surface area contributed by atoms with Crippen LogP contribution < -0.4 is 5.32 Å². The van der Waals surface area contributed by atoms with E-state index in [1.807, 2.05) is 19.1 Å². The van der Waals surface area contributed by atoms with Crippen LogP contribution in [-0.4, -0.2) is 25.9 Å². The third-order valence-electron chi connectivity index (χ3n) is 4.30. The lowest BCUT2D eigenvalue weighted by atomic mass is 10.3. The van der Waals surface area contributed by atoms with Crippen LogP contribution in [0, 0.1) is 0 Å². The van der Waals surface area contributed by atoms with E-state index in [1.165, 1.54) is 16.6 Å². The Morgan fingerprint density at radius 3 is 2.93 bits per heavy atom. The van der Waals surface area contributed by atoms with Crippen LogP contribution in [0.1, 0.15) is 36.5 Å². The van der Waals surface area contributed by atoms with Gasteiger partial charge in [-0.3, -0.25) is 4.79 Å². The first-order valence-corrected chi connectivity index (χ1v) is 10.9. The molecule has 3 aromatic rings. The van der Waals surface area contributed by atoms with Crippen molar-refractivity contribution in [3.05, 3.63) is 57.5 Å². The van der Waals surface area contributed by atoms with Crippen molar-refractivity contribution in [2.75, 3.05) is 5.32 Å². The molecule has 0 unspecified atom stereocenters. The van der Waals surface area contributed by atoms with Crippen LogP contribution in [0.25, 0.3) is 0 Å². The lowest BCUT2D eigenvalue weighted by molar-refractivity contribution is -0.115. The highest BCUT2D eigenvalue weighted by atomic mass is 35.5. The van der Waals surface area contributed by atoms with Crippen molar-refractivity contribution in [3.8, 4) is 0 Å². The SMILES string of the molecule is C[C@@H](Sc1nnc(Cc2cccs2)n1C1CC1)C(=O)Nc1cccc(Cl)c1. The van der Waals surface area contributed by atoms with Crippen molar-refractivity contribution in [1.29, 1.82) is 0 Å². The molecule has 0 bridgehead atoms. The van der Waals surface area contributed by atoms with E-state index in [0.29, 0.717) is 16.8 Å². The number of carbonyl (C=O) groups is 1. The predicted octanol–water partition coefficient (Wildman–Crippen LogP) is 5.04. The monoisotopic (exact) mass is 418 g/mol. The van der Waals surface area contributed by atoms with E-state index in [0.717, 1.165) is 30.2 Å². The highest BCUT2D eigenvalue weighted by Crippen LogP contribution is 2.40. The molecule has 140 valence electrons. The Labute approximate surface area is 171 Å². The summed E-state index contributed by atoms with van der Waals surface area (Å²) in [6.45, 7) is 1.88. The molecule has 2 aromatic heterocycles. The number of thiophene rings is 1. The Bertz CT molecular complexity index is 937. The fourth-order valence-electron chi connectivity index (χ4n) is 2.80. The third kappa shape index (κ3) is 4.54. The number of hydrogen-bond acceptors (Lipinski definition) is 5. The number of nitrogens with one attached hydrogen (secondary N) is 1. The Kier molecular flexibility index (Phi) is 5.52. The zero-order valence-corrected chi connectivity index (χ0v) is 17.2. The number of halogens is 1. The minimum atomic E-state index is -0.291. The van der Waals surface area contributed by atoms with Crippen molar-refractivity contribution in [2.45, 2.75) is 42.6 Å². The van der Waals surface area contributed by atoms with E-state index in [9.17, 15) is 4.79 Å². The Balaban J connectivity index is 1.46. The standard InChI is InChI=1S/C19H19ClN4OS2/c1-12(18(25)21-14-5-2-4-13(20)10-14)27-19-23-22-17(24(19)15-7-8-15)11-16-6-3-9-26-16/h2-6,9-10,12,15H,7-8,11H2,1H3,(H,21,25)/t12-/m1/s1. The largest absolute Gasteiger partial charge is 0.325 e. The van der Waals surface area contributed by atoms with Crippen LogP contribution in [0.4, 0.5) is 5.69 Å². The van der Waals surface area contributed by atoms with Gasteiger partial charge in [0.1, 0.15) is 5.82 Å². The van der Waals surface area contributed by atoms with Gasteiger partial charge in [-0.15, -0.1) is 21.5 Å². The van der Waals surface area contributed by atoms with Gasteiger partial charge in [0.25, 0.3) is 0 Å². The Hall–Kier alpha value is -1.83. The maximum atomic E-state index is 12.6. The van der Waals surface area contributed by atoms with Crippen LogP contribution in [-0.2, 0) is 11.2 Å². The molecule has 2 heterocycles. The molecule has 1 fully saturated rings. The quantitative estimate of drug-likeness (QED) is 0.546. The molecule has 1 N–H and O–H groups in total. The normalized spacial score (nSPS) is 14.9. The molecule has 1 saturated carbocycles. The molecule has 1 atom stereocenters. The summed E-state index contributed by atoms with van der Waals surface area (Å²) in [6, 6.07) is 11.8. The molecule has 1 aliphatic carbocycles. The number of benzene rings is 1. The highest BCUT2D eigenvalue weighted by molar-refractivity contribution is 8.00. The molecule has 8 heteroatoms. The second-order valence-corrected chi connectivity index (χ2v) is 9.29. The fourth-order valence-corrected chi connectivity index (χ4v) is 4.63. The van der Waals surface area contributed by atoms with Gasteiger partial charge in [-0.25, -0.2) is 0 Å². The molecular formula is C19H19ClN4OS2. The molecule has 1 aliphatic rings. The maximum absolute atomic E-state index is 12.6. The first kappa shape index (κ1) is 18.5. The van der Waals surface area contributed by atoms with Gasteiger partial charge in [0.15, 0.2) is 5.16 Å². The second-order valence-electron chi connectivity index (χ2n) is 6.52. The molecule has 1 aromatic carbocycles. The van der Waals surface area contributed by atoms with Crippen molar-refractivity contribution in [3.63, 3.8) is 0 Å². The first-order chi connectivity index (χ1) is 13.1. The lowest BCUT2D eigenvalue weighted by Crippen LogP contribution is -2.23. The molecule has 0 saturated heterocycles. The number of thioether (sulfide) groups is 1. The number of rotatable bonds is 7. The number of hydrogen-bond donors (Lipinski definition) is 1. The number of amides is 1. The number of carbonyl (C=O) groups excluding carboxylic acids is 1. The third-order valence-corrected chi connectivity index (χ3v) is 6.47. The topological polar surface area (TPSA) is 59.8 Å². The van der Waals surface area contributed by atoms with Gasteiger partial charge in [-0.05, 0) is 49.4 Å². The fraction of sp³-hybridized carbons (Fsp3) is 0.316. The molecule has 1 amide bonds. The molecule has 27 heavy (non-hydrogen) atoms. The van der Waals surface area contributed by atoms with Gasteiger partial charge in [-0.2, -0.15) is 0 Å². The van der Waals surface area contributed by atoms with Gasteiger partial charge in [0.05, 0.1) is 5.25 Å². The molecule has 0 aliphatic heterocycles. The smallest absolute Gasteiger partial charge is 0.237 e. The molecule has 4 rings (SSSR count). The van der Waals surface area contributed by atoms with Gasteiger partial charge in [-0.1, -0.05) is 35.5 Å². The summed E-state index contributed by atoms with van der Waals surface area (Å²) in [7, 11) is 0. The van der Waals surface area contributed by atoms with Crippen LogP contribution in [0.5, 0.6) is 0 Å². The van der Waals surface area contributed by atoms with Crippen molar-refractivity contribution in [2.24, 2.45) is 0 Å². The van der Waals surface area contributed by atoms with E-state index in [1.54, 1.807) is 23.5 Å². The first-order valence-electron chi connectivity index (χ1n) is 8.79. The summed E-state index contributed by atoms with van der Waals surface area (Å²) in [4.78, 5) is 13.8. The van der Waals surface area contributed by atoms with E-state index in [-0.39, 0.29) is 11.2 Å². The van der Waals surface area contributed by atoms with Gasteiger partial charge < -0.3 is 9.88 Å². The van der Waals surface area contributed by atoms with Crippen LogP contribution in [0.3, 0.4) is 0 Å². The second kappa shape index (κ2) is 8.04. The zero-order chi connectivity index (χ0) is 18.8. The number of aromatic nitrogens is 3. The van der Waals surface area contributed by atoms with E-state index >= 15 is 0 Å². The van der Waals surface area contributed by atoms with Crippen molar-refractivity contribution < 1.29 is 4.79 Å². The van der Waals surface area contributed by atoms with Crippen LogP contribution in [0.2, 0.25) is 5.02 Å². The summed E-state index contributed by atoms with van der Waals surface area (Å²) < 4.78 is 2.22. The summed E-state index contributed by atoms with van der Waals surface area (Å²) in [5, 5.41) is 14.9. The van der Waals surface area contributed by atoms with Crippen LogP contribution in [0.15, 0.2) is 46.9 Å². The van der Waals surface area contributed by atoms with Crippen LogP contribution >= 0.6 is 34.7 Å². The Morgan fingerprint density at radius 2 is 2.22 bits per heavy atom. The van der Waals surface area contributed by atoms with Gasteiger partial charge in [0, 0.05) is 28.0 Å². The predicted molar refractivity (Wildman–Crippen MR) is 111 cm³/mol. The average molecular weight is 419 g/mol.